The summed E-state index contributed by atoms with van der Waals surface area (Å²) in [5.41, 5.74) is -0.627. The molecule has 2 rings (SSSR count). The Kier molecular flexibility index (Phi) is 1.25. The van der Waals surface area contributed by atoms with Gasteiger partial charge in [0.15, 0.2) is 12.4 Å². The van der Waals surface area contributed by atoms with Gasteiger partial charge < -0.3 is 4.74 Å². The van der Waals surface area contributed by atoms with E-state index in [0.29, 0.717) is 6.54 Å². The van der Waals surface area contributed by atoms with Crippen LogP contribution in [0.3, 0.4) is 0 Å². The molecule has 0 spiro atoms. The minimum Gasteiger partial charge on any atom is -0.336 e. The lowest BCUT2D eigenvalue weighted by Gasteiger charge is -2.30. The number of fused-ring (bicyclic) bond motifs is 2. The number of rotatable bonds is 0. The molecule has 0 N–H and O–H groups in total. The van der Waals surface area contributed by atoms with Crippen LogP contribution in [-0.2, 0) is 14.4 Å². The van der Waals surface area contributed by atoms with Crippen LogP contribution in [0, 0.1) is 5.92 Å². The fourth-order valence-corrected chi connectivity index (χ4v) is 1.49. The zero-order valence-electron chi connectivity index (χ0n) is 6.66. The second-order valence-electron chi connectivity index (χ2n) is 3.27. The Morgan fingerprint density at radius 1 is 1.73 bits per heavy atom. The summed E-state index contributed by atoms with van der Waals surface area (Å²) in [5.74, 6) is 0.175. The molecule has 4 heteroatoms. The van der Waals surface area contributed by atoms with Gasteiger partial charge in [-0.1, -0.05) is 6.92 Å². The van der Waals surface area contributed by atoms with Gasteiger partial charge in [-0.05, 0) is 6.92 Å². The number of nitrogens with zero attached hydrogens (tertiary/aromatic N) is 1. The number of carbonyl (C=O) groups is 1. The van der Waals surface area contributed by atoms with E-state index < -0.39 is 5.60 Å². The summed E-state index contributed by atoms with van der Waals surface area (Å²) >= 11 is 0. The molecule has 0 aromatic carbocycles. The first-order chi connectivity index (χ1) is 5.14. The standard InChI is InChI=1S/C7H11NO3/c1-5-3-8-6(9)7(5,2)10-4-11-8/h5H,3-4H2,1-2H3/t5-,7-/m1/s1. The van der Waals surface area contributed by atoms with Crippen LogP contribution in [-0.4, -0.2) is 29.9 Å². The second-order valence-corrected chi connectivity index (χ2v) is 3.27. The molecule has 2 heterocycles. The van der Waals surface area contributed by atoms with Crippen molar-refractivity contribution >= 4 is 5.91 Å². The molecule has 0 aromatic rings. The van der Waals surface area contributed by atoms with Crippen LogP contribution in [0.1, 0.15) is 13.8 Å². The van der Waals surface area contributed by atoms with Crippen molar-refractivity contribution in [2.75, 3.05) is 13.3 Å². The molecule has 0 aliphatic carbocycles. The second kappa shape index (κ2) is 1.95. The Morgan fingerprint density at radius 2 is 2.45 bits per heavy atom. The summed E-state index contributed by atoms with van der Waals surface area (Å²) in [6.07, 6.45) is 0. The minimum atomic E-state index is -0.627. The van der Waals surface area contributed by atoms with Crippen molar-refractivity contribution in [2.24, 2.45) is 5.92 Å². The summed E-state index contributed by atoms with van der Waals surface area (Å²) in [4.78, 5) is 16.4. The highest BCUT2D eigenvalue weighted by Gasteiger charge is 2.53. The predicted octanol–water partition coefficient (Wildman–Crippen LogP) is 0.143. The monoisotopic (exact) mass is 157 g/mol. The van der Waals surface area contributed by atoms with Crippen molar-refractivity contribution in [3.8, 4) is 0 Å². The van der Waals surface area contributed by atoms with E-state index in [1.54, 1.807) is 0 Å². The van der Waals surface area contributed by atoms with Crippen molar-refractivity contribution in [1.29, 1.82) is 0 Å². The molecule has 2 aliphatic rings. The maximum Gasteiger partial charge on any atom is 0.278 e. The summed E-state index contributed by atoms with van der Waals surface area (Å²) < 4.78 is 5.27. The minimum absolute atomic E-state index is 0.0451. The molecule has 2 fully saturated rings. The quantitative estimate of drug-likeness (QED) is 0.502. The third-order valence-electron chi connectivity index (χ3n) is 2.60. The van der Waals surface area contributed by atoms with Gasteiger partial charge in [0.05, 0.1) is 6.54 Å². The van der Waals surface area contributed by atoms with E-state index >= 15 is 0 Å². The fraction of sp³-hybridized carbons (Fsp3) is 0.857. The average Bonchev–Trinajstić information content (AvgIpc) is 2.16. The molecule has 1 amide bonds. The van der Waals surface area contributed by atoms with Crippen molar-refractivity contribution in [2.45, 2.75) is 19.4 Å². The maximum atomic E-state index is 11.4. The highest BCUT2D eigenvalue weighted by Crippen LogP contribution is 2.35. The smallest absolute Gasteiger partial charge is 0.278 e. The SMILES string of the molecule is C[C@@H]1CN2OCO[C@@]1(C)C2=O. The topological polar surface area (TPSA) is 38.8 Å². The third-order valence-corrected chi connectivity index (χ3v) is 2.60. The van der Waals surface area contributed by atoms with Crippen LogP contribution < -0.4 is 0 Å². The number of hydrogen-bond acceptors (Lipinski definition) is 3. The Balaban J connectivity index is 2.34. The van der Waals surface area contributed by atoms with Gasteiger partial charge in [0, 0.05) is 5.92 Å². The fourth-order valence-electron chi connectivity index (χ4n) is 1.49. The van der Waals surface area contributed by atoms with E-state index in [1.165, 1.54) is 5.06 Å². The number of amides is 1. The summed E-state index contributed by atoms with van der Waals surface area (Å²) in [6, 6.07) is 0. The number of ether oxygens (including phenoxy) is 1. The van der Waals surface area contributed by atoms with Gasteiger partial charge in [-0.25, -0.2) is 9.90 Å². The zero-order valence-corrected chi connectivity index (χ0v) is 6.66. The first kappa shape index (κ1) is 7.06. The summed E-state index contributed by atoms with van der Waals surface area (Å²) in [5, 5.41) is 1.40. The van der Waals surface area contributed by atoms with Gasteiger partial charge in [-0.3, -0.25) is 4.79 Å². The van der Waals surface area contributed by atoms with Crippen molar-refractivity contribution in [1.82, 2.24) is 5.06 Å². The Labute approximate surface area is 65.0 Å². The van der Waals surface area contributed by atoms with Gasteiger partial charge in [0.2, 0.25) is 0 Å². The maximum absolute atomic E-state index is 11.4. The lowest BCUT2D eigenvalue weighted by atomic mass is 9.94. The van der Waals surface area contributed by atoms with Gasteiger partial charge in [-0.15, -0.1) is 0 Å². The van der Waals surface area contributed by atoms with Crippen LogP contribution in [0.4, 0.5) is 0 Å². The van der Waals surface area contributed by atoms with Crippen molar-refractivity contribution in [3.63, 3.8) is 0 Å². The van der Waals surface area contributed by atoms with Gasteiger partial charge in [-0.2, -0.15) is 0 Å². The molecule has 11 heavy (non-hydrogen) atoms. The Hall–Kier alpha value is -0.610. The van der Waals surface area contributed by atoms with E-state index in [0.717, 1.165) is 0 Å². The highest BCUT2D eigenvalue weighted by molar-refractivity contribution is 5.86. The normalized spacial score (nSPS) is 43.3. The molecule has 0 unspecified atom stereocenters. The van der Waals surface area contributed by atoms with E-state index in [9.17, 15) is 4.79 Å². The van der Waals surface area contributed by atoms with E-state index in [4.69, 9.17) is 9.57 Å². The van der Waals surface area contributed by atoms with Crippen LogP contribution in [0.15, 0.2) is 0 Å². The molecule has 4 nitrogen and oxygen atoms in total. The first-order valence-electron chi connectivity index (χ1n) is 3.73. The molecular weight excluding hydrogens is 146 g/mol. The Bertz CT molecular complexity index is 206. The number of carbonyl (C=O) groups excluding carboxylic acids is 1. The van der Waals surface area contributed by atoms with Gasteiger partial charge in [0.25, 0.3) is 5.91 Å². The summed E-state index contributed by atoms with van der Waals surface area (Å²) in [7, 11) is 0. The summed E-state index contributed by atoms with van der Waals surface area (Å²) in [6.45, 7) is 4.66. The van der Waals surface area contributed by atoms with E-state index in [1.807, 2.05) is 13.8 Å². The zero-order chi connectivity index (χ0) is 8.06. The van der Waals surface area contributed by atoms with Crippen molar-refractivity contribution < 1.29 is 14.4 Å². The molecule has 0 saturated carbocycles. The molecule has 0 radical (unpaired) electrons. The molecule has 2 aliphatic heterocycles. The molecule has 2 atom stereocenters. The predicted molar refractivity (Wildman–Crippen MR) is 36.3 cm³/mol. The lowest BCUT2D eigenvalue weighted by Crippen LogP contribution is -2.47. The van der Waals surface area contributed by atoms with Crippen LogP contribution in [0.25, 0.3) is 0 Å². The van der Waals surface area contributed by atoms with E-state index in [2.05, 4.69) is 0 Å². The van der Waals surface area contributed by atoms with Gasteiger partial charge >= 0.3 is 0 Å². The van der Waals surface area contributed by atoms with Crippen molar-refractivity contribution in [3.05, 3.63) is 0 Å². The molecular formula is C7H11NO3. The van der Waals surface area contributed by atoms with E-state index in [-0.39, 0.29) is 18.6 Å². The molecule has 2 bridgehead atoms. The largest absolute Gasteiger partial charge is 0.336 e. The number of hydroxylamine groups is 2. The third kappa shape index (κ3) is 0.736. The highest BCUT2D eigenvalue weighted by atomic mass is 16.8. The molecule has 62 valence electrons. The molecule has 2 saturated heterocycles. The van der Waals surface area contributed by atoms with Crippen LogP contribution in [0.2, 0.25) is 0 Å². The van der Waals surface area contributed by atoms with Crippen LogP contribution >= 0.6 is 0 Å². The van der Waals surface area contributed by atoms with Crippen LogP contribution in [0.5, 0.6) is 0 Å². The lowest BCUT2D eigenvalue weighted by molar-refractivity contribution is -0.264. The average molecular weight is 157 g/mol. The van der Waals surface area contributed by atoms with Gasteiger partial charge in [0.1, 0.15) is 0 Å². The number of hydrogen-bond donors (Lipinski definition) is 0. The Morgan fingerprint density at radius 3 is 3.00 bits per heavy atom. The molecule has 0 aromatic heterocycles. The first-order valence-corrected chi connectivity index (χ1v) is 3.73.